The number of aryl methyl sites for hydroxylation is 2. The SMILES string of the molecule is Cc1ccc(C2=C(C3CCCCC3)c3ccc(S(=O)(=O)NC(C)(C)C)cc3C2)c(N)c1.Cc1ccc(C2=C(C3CCCCC3)c3ccc(S(=O)(=O)NC(C)(C)C)cc3C2)c(NC(=O)CCl)c1.O=C(Cl)CCl. The highest BCUT2D eigenvalue weighted by molar-refractivity contribution is 7.89. The average molecular weight is 1070 g/mol. The molecule has 0 heterocycles. The minimum absolute atomic E-state index is 0.0957. The molecule has 0 aliphatic heterocycles. The number of carbonyl (C=O) groups excluding carboxylic acids is 2. The summed E-state index contributed by atoms with van der Waals surface area (Å²) in [6.45, 7) is 15.2. The highest BCUT2D eigenvalue weighted by Gasteiger charge is 2.34. The fraction of sp³-hybridized carbons (Fsp3) is 0.464. The summed E-state index contributed by atoms with van der Waals surface area (Å²) < 4.78 is 57.5. The largest absolute Gasteiger partial charge is 0.398 e. The van der Waals surface area contributed by atoms with Crippen LogP contribution in [-0.2, 0) is 42.5 Å². The third kappa shape index (κ3) is 14.6. The van der Waals surface area contributed by atoms with Crippen molar-refractivity contribution in [2.45, 2.75) is 153 Å². The number of benzene rings is 4. The van der Waals surface area contributed by atoms with Gasteiger partial charge in [0, 0.05) is 33.6 Å². The quantitative estimate of drug-likeness (QED) is 0.0659. The fourth-order valence-corrected chi connectivity index (χ4v) is 13.5. The van der Waals surface area contributed by atoms with Crippen molar-refractivity contribution in [1.82, 2.24) is 9.44 Å². The van der Waals surface area contributed by atoms with E-state index < -0.39 is 36.4 Å². The summed E-state index contributed by atoms with van der Waals surface area (Å²) in [5, 5.41) is 2.47. The van der Waals surface area contributed by atoms with Gasteiger partial charge in [-0.3, -0.25) is 9.59 Å². The molecule has 4 aliphatic rings. The summed E-state index contributed by atoms with van der Waals surface area (Å²) in [6, 6.07) is 23.6. The molecule has 384 valence electrons. The second-order valence-corrected chi connectivity index (χ2v) is 25.8. The molecule has 0 saturated heterocycles. The Morgan fingerprint density at radius 1 is 0.577 bits per heavy atom. The van der Waals surface area contributed by atoms with Gasteiger partial charge in [-0.25, -0.2) is 26.3 Å². The van der Waals surface area contributed by atoms with Crippen LogP contribution < -0.4 is 20.5 Å². The number of hydrogen-bond acceptors (Lipinski definition) is 7. The molecule has 4 aromatic carbocycles. The molecular formula is C56H71Cl3N4O6S2. The van der Waals surface area contributed by atoms with Gasteiger partial charge in [0.2, 0.25) is 31.2 Å². The number of sulfonamides is 2. The maximum atomic E-state index is 13.0. The number of nitrogens with two attached hydrogens (primary N) is 1. The van der Waals surface area contributed by atoms with Gasteiger partial charge in [0.1, 0.15) is 5.88 Å². The van der Waals surface area contributed by atoms with Gasteiger partial charge >= 0.3 is 0 Å². The van der Waals surface area contributed by atoms with E-state index in [1.807, 2.05) is 84.9 Å². The molecule has 0 atom stereocenters. The van der Waals surface area contributed by atoms with E-state index in [0.29, 0.717) is 23.2 Å². The molecule has 71 heavy (non-hydrogen) atoms. The number of nitrogen functional groups attached to an aromatic ring is 1. The lowest BCUT2D eigenvalue weighted by Gasteiger charge is -2.26. The van der Waals surface area contributed by atoms with Crippen molar-refractivity contribution in [2.24, 2.45) is 11.8 Å². The standard InChI is InChI=1S/C28H35ClN2O3S.C26H34N2O2S.C2H2Cl2O/c1-18-10-12-23(25(14-18)30-26(32)17-29)24-16-20-15-21(35(33,34)31-28(2,3)4)11-13-22(20)27(24)19-8-6-5-7-9-19;1-17-10-12-22(24(27)14-17)23-16-19-15-20(31(29,30)28-26(2,3)4)11-13-21(19)25(23)18-8-6-5-7-9-18;3-1-2(4)5/h10-15,19,31H,5-9,16-17H2,1-4H3,(H,30,32);10-15,18,28H,5-9,16,27H2,1-4H3;1H2. The maximum absolute atomic E-state index is 13.0. The second kappa shape index (κ2) is 23.5. The maximum Gasteiger partial charge on any atom is 0.241 e. The van der Waals surface area contributed by atoms with E-state index in [2.05, 4.69) is 46.0 Å². The van der Waals surface area contributed by atoms with Gasteiger partial charge in [-0.2, -0.15) is 0 Å². The smallest absolute Gasteiger partial charge is 0.241 e. The molecule has 0 aromatic heterocycles. The van der Waals surface area contributed by atoms with Crippen molar-refractivity contribution in [1.29, 1.82) is 0 Å². The molecule has 0 spiro atoms. The monoisotopic (exact) mass is 1060 g/mol. The number of allylic oxidation sites excluding steroid dienone is 4. The molecule has 15 heteroatoms. The lowest BCUT2D eigenvalue weighted by molar-refractivity contribution is -0.114. The van der Waals surface area contributed by atoms with Crippen LogP contribution in [0.15, 0.2) is 82.6 Å². The van der Waals surface area contributed by atoms with Crippen molar-refractivity contribution >= 4 is 99.7 Å². The van der Waals surface area contributed by atoms with Gasteiger partial charge in [0.05, 0.1) is 15.7 Å². The molecule has 5 N–H and O–H groups in total. The molecular weight excluding hydrogens is 995 g/mol. The topological polar surface area (TPSA) is 165 Å². The minimum Gasteiger partial charge on any atom is -0.398 e. The summed E-state index contributed by atoms with van der Waals surface area (Å²) >= 11 is 15.3. The number of nitrogens with one attached hydrogen (secondary N) is 3. The number of anilines is 2. The average Bonchev–Trinajstić information content (AvgIpc) is 3.87. The number of amides is 1. The third-order valence-electron chi connectivity index (χ3n) is 13.2. The van der Waals surface area contributed by atoms with Crippen LogP contribution in [0, 0.1) is 25.7 Å². The van der Waals surface area contributed by atoms with Crippen molar-refractivity contribution in [3.8, 4) is 0 Å². The summed E-state index contributed by atoms with van der Waals surface area (Å²) in [7, 11) is -7.21. The van der Waals surface area contributed by atoms with E-state index in [1.165, 1.54) is 79.2 Å². The Morgan fingerprint density at radius 3 is 1.37 bits per heavy atom. The third-order valence-corrected chi connectivity index (χ3v) is 17.4. The summed E-state index contributed by atoms with van der Waals surface area (Å²) in [5.74, 6) is 0.496. The van der Waals surface area contributed by atoms with Crippen molar-refractivity contribution in [3.63, 3.8) is 0 Å². The van der Waals surface area contributed by atoms with Gasteiger partial charge in [0.25, 0.3) is 0 Å². The summed E-state index contributed by atoms with van der Waals surface area (Å²) in [4.78, 5) is 22.3. The molecule has 10 nitrogen and oxygen atoms in total. The van der Waals surface area contributed by atoms with Gasteiger partial charge in [0.15, 0.2) is 0 Å². The summed E-state index contributed by atoms with van der Waals surface area (Å²) in [5.41, 5.74) is 20.8. The zero-order valence-electron chi connectivity index (χ0n) is 42.5. The first-order chi connectivity index (χ1) is 33.3. The molecule has 0 bridgehead atoms. The van der Waals surface area contributed by atoms with Crippen LogP contribution in [-0.4, -0.2) is 50.8 Å². The van der Waals surface area contributed by atoms with E-state index in [1.54, 1.807) is 12.1 Å². The van der Waals surface area contributed by atoms with Crippen LogP contribution >= 0.6 is 34.8 Å². The molecule has 4 aromatic rings. The highest BCUT2D eigenvalue weighted by Crippen LogP contribution is 2.50. The molecule has 0 unspecified atom stereocenters. The number of halogens is 3. The Bertz CT molecular complexity index is 2920. The van der Waals surface area contributed by atoms with Gasteiger partial charge < -0.3 is 11.1 Å². The predicted octanol–water partition coefficient (Wildman–Crippen LogP) is 13.0. The number of fused-ring (bicyclic) bond motifs is 2. The molecule has 8 rings (SSSR count). The van der Waals surface area contributed by atoms with Crippen molar-refractivity contribution < 1.29 is 26.4 Å². The first-order valence-electron chi connectivity index (χ1n) is 24.7. The van der Waals surface area contributed by atoms with E-state index in [9.17, 15) is 26.4 Å². The summed E-state index contributed by atoms with van der Waals surface area (Å²) in [6.07, 6.45) is 13.4. The molecule has 2 saturated carbocycles. The molecule has 0 radical (unpaired) electrons. The Balaban J connectivity index is 0.000000213. The Morgan fingerprint density at radius 2 is 0.972 bits per heavy atom. The number of carbonyl (C=O) groups is 2. The van der Waals surface area contributed by atoms with E-state index >= 15 is 0 Å². The predicted molar refractivity (Wildman–Crippen MR) is 295 cm³/mol. The van der Waals surface area contributed by atoms with Crippen LogP contribution in [0.3, 0.4) is 0 Å². The molecule has 1 amide bonds. The van der Waals surface area contributed by atoms with Crippen molar-refractivity contribution in [3.05, 3.63) is 117 Å². The van der Waals surface area contributed by atoms with Gasteiger partial charge in [-0.05, 0) is 209 Å². The number of rotatable bonds is 11. The van der Waals surface area contributed by atoms with E-state index in [-0.39, 0.29) is 22.6 Å². The molecule has 2 fully saturated rings. The molecule has 4 aliphatic carbocycles. The van der Waals surface area contributed by atoms with Crippen LogP contribution in [0.4, 0.5) is 11.4 Å². The van der Waals surface area contributed by atoms with Crippen LogP contribution in [0.25, 0.3) is 22.3 Å². The minimum atomic E-state index is -3.64. The van der Waals surface area contributed by atoms with Crippen LogP contribution in [0.5, 0.6) is 0 Å². The Kier molecular flexibility index (Phi) is 18.6. The van der Waals surface area contributed by atoms with E-state index in [0.717, 1.165) is 69.6 Å². The normalized spacial score (nSPS) is 16.7. The zero-order chi connectivity index (χ0) is 52.1. The lowest BCUT2D eigenvalue weighted by Crippen LogP contribution is -2.40. The van der Waals surface area contributed by atoms with Gasteiger partial charge in [-0.15, -0.1) is 23.2 Å². The highest BCUT2D eigenvalue weighted by atomic mass is 35.5. The second-order valence-electron chi connectivity index (χ2n) is 21.5. The van der Waals surface area contributed by atoms with Crippen LogP contribution in [0.1, 0.15) is 150 Å². The zero-order valence-corrected chi connectivity index (χ0v) is 46.4. The van der Waals surface area contributed by atoms with E-state index in [4.69, 9.17) is 40.5 Å². The number of hydrogen-bond donors (Lipinski definition) is 4. The van der Waals surface area contributed by atoms with Crippen LogP contribution in [0.2, 0.25) is 0 Å². The lowest BCUT2D eigenvalue weighted by atomic mass is 9.79. The first-order valence-corrected chi connectivity index (χ1v) is 29.1. The Hall–Kier alpha value is -4.01. The fourth-order valence-electron chi connectivity index (χ4n) is 10.5. The van der Waals surface area contributed by atoms with Gasteiger partial charge in [-0.1, -0.05) is 74.9 Å². The number of alkyl halides is 2. The first kappa shape index (κ1) is 56.3. The Labute approximate surface area is 438 Å². The van der Waals surface area contributed by atoms with Crippen molar-refractivity contribution in [2.75, 3.05) is 22.8 Å².